The number of carboxylic acids is 1. The van der Waals surface area contributed by atoms with Crippen LogP contribution in [0, 0.1) is 6.92 Å². The summed E-state index contributed by atoms with van der Waals surface area (Å²) in [6.07, 6.45) is 0. The molecular formula is C13H12O3S. The van der Waals surface area contributed by atoms with E-state index < -0.39 is 5.97 Å². The van der Waals surface area contributed by atoms with Crippen molar-refractivity contribution in [3.05, 3.63) is 51.7 Å². The van der Waals surface area contributed by atoms with Gasteiger partial charge in [0.15, 0.2) is 0 Å². The van der Waals surface area contributed by atoms with E-state index in [9.17, 15) is 4.79 Å². The minimum absolute atomic E-state index is 0.209. The Morgan fingerprint density at radius 2 is 2.24 bits per heavy atom. The normalized spacial score (nSPS) is 10.2. The number of hydrogen-bond acceptors (Lipinski definition) is 3. The smallest absolute Gasteiger partial charge is 0.339 e. The first kappa shape index (κ1) is 11.7. The molecule has 17 heavy (non-hydrogen) atoms. The molecule has 2 rings (SSSR count). The van der Waals surface area contributed by atoms with Gasteiger partial charge in [0.05, 0.1) is 0 Å². The molecule has 0 aliphatic rings. The Labute approximate surface area is 103 Å². The standard InChI is InChI=1S/C13H12O3S/c1-9-2-3-12(11(6-9)13(14)15)16-7-10-4-5-17-8-10/h2-6,8H,7H2,1H3,(H,14,15). The van der Waals surface area contributed by atoms with Gasteiger partial charge in [-0.3, -0.25) is 0 Å². The fraction of sp³-hybridized carbons (Fsp3) is 0.154. The second kappa shape index (κ2) is 5.01. The van der Waals surface area contributed by atoms with Gasteiger partial charge in [-0.1, -0.05) is 11.6 Å². The van der Waals surface area contributed by atoms with Crippen molar-refractivity contribution in [3.8, 4) is 5.75 Å². The van der Waals surface area contributed by atoms with E-state index in [1.807, 2.05) is 29.8 Å². The molecule has 4 heteroatoms. The van der Waals surface area contributed by atoms with Gasteiger partial charge in [0.1, 0.15) is 17.9 Å². The lowest BCUT2D eigenvalue weighted by atomic mass is 10.1. The molecule has 0 bridgehead atoms. The predicted molar refractivity (Wildman–Crippen MR) is 66.8 cm³/mol. The van der Waals surface area contributed by atoms with Crippen LogP contribution in [0.15, 0.2) is 35.0 Å². The van der Waals surface area contributed by atoms with Gasteiger partial charge in [0, 0.05) is 0 Å². The molecule has 0 unspecified atom stereocenters. The van der Waals surface area contributed by atoms with Crippen molar-refractivity contribution in [2.24, 2.45) is 0 Å². The molecule has 88 valence electrons. The van der Waals surface area contributed by atoms with Crippen LogP contribution in [-0.2, 0) is 6.61 Å². The average molecular weight is 248 g/mol. The largest absolute Gasteiger partial charge is 0.488 e. The molecule has 0 atom stereocenters. The summed E-state index contributed by atoms with van der Waals surface area (Å²) in [5.41, 5.74) is 2.16. The number of aromatic carboxylic acids is 1. The molecule has 3 nitrogen and oxygen atoms in total. The Morgan fingerprint density at radius 1 is 1.41 bits per heavy atom. The summed E-state index contributed by atoms with van der Waals surface area (Å²) in [4.78, 5) is 11.1. The monoisotopic (exact) mass is 248 g/mol. The highest BCUT2D eigenvalue weighted by atomic mass is 32.1. The topological polar surface area (TPSA) is 46.5 Å². The third-order valence-corrected chi connectivity index (χ3v) is 3.07. The number of aryl methyl sites for hydroxylation is 1. The highest BCUT2D eigenvalue weighted by molar-refractivity contribution is 7.07. The van der Waals surface area contributed by atoms with Crippen LogP contribution in [0.4, 0.5) is 0 Å². The van der Waals surface area contributed by atoms with E-state index in [2.05, 4.69) is 0 Å². The molecular weight excluding hydrogens is 236 g/mol. The van der Waals surface area contributed by atoms with Gasteiger partial charge in [0.25, 0.3) is 0 Å². The summed E-state index contributed by atoms with van der Waals surface area (Å²) in [7, 11) is 0. The lowest BCUT2D eigenvalue weighted by molar-refractivity contribution is 0.0691. The summed E-state index contributed by atoms with van der Waals surface area (Å²) < 4.78 is 5.52. The summed E-state index contributed by atoms with van der Waals surface area (Å²) in [5, 5.41) is 13.0. The number of carboxylic acid groups (broad SMARTS) is 1. The van der Waals surface area contributed by atoms with Crippen molar-refractivity contribution in [2.75, 3.05) is 0 Å². The third kappa shape index (κ3) is 2.85. The van der Waals surface area contributed by atoms with Crippen LogP contribution in [0.3, 0.4) is 0 Å². The van der Waals surface area contributed by atoms with Gasteiger partial charge >= 0.3 is 5.97 Å². The number of benzene rings is 1. The van der Waals surface area contributed by atoms with Crippen LogP contribution in [0.5, 0.6) is 5.75 Å². The van der Waals surface area contributed by atoms with Crippen LogP contribution in [0.2, 0.25) is 0 Å². The summed E-state index contributed by atoms with van der Waals surface area (Å²) in [6, 6.07) is 7.12. The van der Waals surface area contributed by atoms with Gasteiger partial charge in [-0.05, 0) is 41.4 Å². The summed E-state index contributed by atoms with van der Waals surface area (Å²) >= 11 is 1.59. The van der Waals surface area contributed by atoms with Crippen LogP contribution < -0.4 is 4.74 Å². The second-order valence-corrected chi connectivity index (χ2v) is 4.51. The molecule has 1 aromatic heterocycles. The van der Waals surface area contributed by atoms with Crippen LogP contribution in [0.1, 0.15) is 21.5 Å². The van der Waals surface area contributed by atoms with Crippen molar-refractivity contribution in [2.45, 2.75) is 13.5 Å². The van der Waals surface area contributed by atoms with Crippen LogP contribution >= 0.6 is 11.3 Å². The Bertz CT molecular complexity index is 517. The molecule has 1 aromatic carbocycles. The zero-order valence-electron chi connectivity index (χ0n) is 9.34. The van der Waals surface area contributed by atoms with Gasteiger partial charge in [-0.2, -0.15) is 11.3 Å². The van der Waals surface area contributed by atoms with Gasteiger partial charge in [-0.25, -0.2) is 4.79 Å². The number of hydrogen-bond donors (Lipinski definition) is 1. The van der Waals surface area contributed by atoms with E-state index >= 15 is 0 Å². The van der Waals surface area contributed by atoms with E-state index in [1.54, 1.807) is 23.5 Å². The maximum Gasteiger partial charge on any atom is 0.339 e. The fourth-order valence-corrected chi connectivity index (χ4v) is 2.13. The molecule has 0 amide bonds. The lowest BCUT2D eigenvalue weighted by Crippen LogP contribution is -2.03. The Hall–Kier alpha value is -1.81. The molecule has 1 N–H and O–H groups in total. The maximum atomic E-state index is 11.1. The molecule has 0 aliphatic carbocycles. The molecule has 0 fully saturated rings. The first-order valence-electron chi connectivity index (χ1n) is 5.14. The van der Waals surface area contributed by atoms with Gasteiger partial charge < -0.3 is 9.84 Å². The Kier molecular flexibility index (Phi) is 3.44. The predicted octanol–water partition coefficient (Wildman–Crippen LogP) is 3.33. The first-order chi connectivity index (χ1) is 8.16. The van der Waals surface area contributed by atoms with Crippen molar-refractivity contribution in [1.82, 2.24) is 0 Å². The number of ether oxygens (including phenoxy) is 1. The van der Waals surface area contributed by atoms with Crippen molar-refractivity contribution in [3.63, 3.8) is 0 Å². The van der Waals surface area contributed by atoms with Crippen LogP contribution in [0.25, 0.3) is 0 Å². The Balaban J connectivity index is 2.17. The minimum Gasteiger partial charge on any atom is -0.488 e. The zero-order chi connectivity index (χ0) is 12.3. The maximum absolute atomic E-state index is 11.1. The zero-order valence-corrected chi connectivity index (χ0v) is 10.2. The number of carbonyl (C=O) groups is 1. The van der Waals surface area contributed by atoms with Gasteiger partial charge in [-0.15, -0.1) is 0 Å². The SMILES string of the molecule is Cc1ccc(OCc2ccsc2)c(C(=O)O)c1. The van der Waals surface area contributed by atoms with E-state index in [0.29, 0.717) is 12.4 Å². The Morgan fingerprint density at radius 3 is 2.88 bits per heavy atom. The average Bonchev–Trinajstić information content (AvgIpc) is 2.80. The quantitative estimate of drug-likeness (QED) is 0.902. The highest BCUT2D eigenvalue weighted by Crippen LogP contribution is 2.21. The first-order valence-corrected chi connectivity index (χ1v) is 6.09. The fourth-order valence-electron chi connectivity index (χ4n) is 1.47. The molecule has 2 aromatic rings. The molecule has 0 radical (unpaired) electrons. The summed E-state index contributed by atoms with van der Waals surface area (Å²) in [5.74, 6) is -0.552. The van der Waals surface area contributed by atoms with E-state index in [0.717, 1.165) is 11.1 Å². The second-order valence-electron chi connectivity index (χ2n) is 3.73. The number of thiophene rings is 1. The molecule has 0 aliphatic heterocycles. The minimum atomic E-state index is -0.964. The third-order valence-electron chi connectivity index (χ3n) is 2.34. The molecule has 0 spiro atoms. The molecule has 1 heterocycles. The lowest BCUT2D eigenvalue weighted by Gasteiger charge is -2.08. The van der Waals surface area contributed by atoms with Crippen LogP contribution in [-0.4, -0.2) is 11.1 Å². The molecule has 0 saturated carbocycles. The molecule has 0 saturated heterocycles. The van der Waals surface area contributed by atoms with E-state index in [-0.39, 0.29) is 5.56 Å². The van der Waals surface area contributed by atoms with Crippen molar-refractivity contribution >= 4 is 17.3 Å². The number of rotatable bonds is 4. The van der Waals surface area contributed by atoms with Gasteiger partial charge in [0.2, 0.25) is 0 Å². The summed E-state index contributed by atoms with van der Waals surface area (Å²) in [6.45, 7) is 2.25. The van der Waals surface area contributed by atoms with E-state index in [1.165, 1.54) is 0 Å². The highest BCUT2D eigenvalue weighted by Gasteiger charge is 2.11. The van der Waals surface area contributed by atoms with E-state index in [4.69, 9.17) is 9.84 Å². The van der Waals surface area contributed by atoms with Crippen molar-refractivity contribution < 1.29 is 14.6 Å². The van der Waals surface area contributed by atoms with Crippen molar-refractivity contribution in [1.29, 1.82) is 0 Å².